The summed E-state index contributed by atoms with van der Waals surface area (Å²) in [5, 5.41) is 3.35. The quantitative estimate of drug-likeness (QED) is 0.822. The molecular formula is C18H31NO. The maximum Gasteiger partial charge on any atom is 0.223 e. The lowest BCUT2D eigenvalue weighted by molar-refractivity contribution is -0.126. The van der Waals surface area contributed by atoms with Gasteiger partial charge in [0, 0.05) is 12.0 Å². The molecular weight excluding hydrogens is 246 g/mol. The highest BCUT2D eigenvalue weighted by molar-refractivity contribution is 5.79. The Balaban J connectivity index is 1.43. The zero-order valence-electron chi connectivity index (χ0n) is 13.5. The van der Waals surface area contributed by atoms with E-state index >= 15 is 0 Å². The van der Waals surface area contributed by atoms with Gasteiger partial charge in [-0.1, -0.05) is 27.2 Å². The molecule has 20 heavy (non-hydrogen) atoms. The van der Waals surface area contributed by atoms with E-state index in [1.54, 1.807) is 0 Å². The smallest absolute Gasteiger partial charge is 0.223 e. The Hall–Kier alpha value is -0.530. The van der Waals surface area contributed by atoms with E-state index in [1.807, 2.05) is 0 Å². The molecule has 3 aliphatic rings. The fourth-order valence-electron chi connectivity index (χ4n) is 4.56. The summed E-state index contributed by atoms with van der Waals surface area (Å²) in [5.74, 6) is 3.39. The molecule has 1 amide bonds. The van der Waals surface area contributed by atoms with E-state index in [4.69, 9.17) is 0 Å². The van der Waals surface area contributed by atoms with Crippen LogP contribution in [-0.2, 0) is 4.79 Å². The Morgan fingerprint density at radius 2 is 1.65 bits per heavy atom. The first-order valence-electron chi connectivity index (χ1n) is 8.80. The van der Waals surface area contributed by atoms with Gasteiger partial charge in [0.05, 0.1) is 0 Å². The minimum atomic E-state index is 0.351. The minimum absolute atomic E-state index is 0.351. The van der Waals surface area contributed by atoms with Gasteiger partial charge in [-0.05, 0) is 68.1 Å². The predicted molar refractivity (Wildman–Crippen MR) is 82.3 cm³/mol. The molecule has 0 radical (unpaired) electrons. The first-order chi connectivity index (χ1) is 9.49. The number of amides is 1. The zero-order chi connectivity index (χ0) is 14.3. The lowest BCUT2D eigenvalue weighted by Crippen LogP contribution is -2.42. The number of fused-ring (bicyclic) bond motifs is 1. The third kappa shape index (κ3) is 2.89. The summed E-state index contributed by atoms with van der Waals surface area (Å²) in [7, 11) is 0. The molecule has 3 saturated carbocycles. The van der Waals surface area contributed by atoms with Gasteiger partial charge in [0.1, 0.15) is 0 Å². The molecule has 0 aromatic carbocycles. The van der Waals surface area contributed by atoms with Gasteiger partial charge in [-0.3, -0.25) is 4.79 Å². The normalized spacial score (nSPS) is 40.2. The van der Waals surface area contributed by atoms with Crippen LogP contribution in [0.15, 0.2) is 0 Å². The predicted octanol–water partition coefficient (Wildman–Crippen LogP) is 4.14. The highest BCUT2D eigenvalue weighted by Gasteiger charge is 2.48. The van der Waals surface area contributed by atoms with Crippen molar-refractivity contribution in [1.29, 1.82) is 0 Å². The molecule has 0 saturated heterocycles. The van der Waals surface area contributed by atoms with Crippen molar-refractivity contribution in [3.8, 4) is 0 Å². The summed E-state index contributed by atoms with van der Waals surface area (Å²) in [6.45, 7) is 7.11. The lowest BCUT2D eigenvalue weighted by atomic mass is 9.69. The Kier molecular flexibility index (Phi) is 3.85. The Bertz CT molecular complexity index is 358. The van der Waals surface area contributed by atoms with Crippen LogP contribution in [0.2, 0.25) is 0 Å². The molecule has 2 atom stereocenters. The van der Waals surface area contributed by atoms with Crippen LogP contribution in [0.4, 0.5) is 0 Å². The van der Waals surface area contributed by atoms with Crippen LogP contribution in [0.1, 0.15) is 72.1 Å². The summed E-state index contributed by atoms with van der Waals surface area (Å²) < 4.78 is 0. The van der Waals surface area contributed by atoms with Gasteiger partial charge < -0.3 is 5.32 Å². The van der Waals surface area contributed by atoms with E-state index in [9.17, 15) is 4.79 Å². The third-order valence-electron chi connectivity index (χ3n) is 6.70. The number of carbonyl (C=O) groups is 1. The fourth-order valence-corrected chi connectivity index (χ4v) is 4.56. The SMILES string of the molecule is CCC(C)(C)C1CCC(NC(=O)C2CC3CC3C2)CC1. The van der Waals surface area contributed by atoms with E-state index in [2.05, 4.69) is 26.1 Å². The summed E-state index contributed by atoms with van der Waals surface area (Å²) >= 11 is 0. The fraction of sp³-hybridized carbons (Fsp3) is 0.944. The van der Waals surface area contributed by atoms with E-state index in [0.717, 1.165) is 17.8 Å². The van der Waals surface area contributed by atoms with Crippen molar-refractivity contribution in [3.05, 3.63) is 0 Å². The van der Waals surface area contributed by atoms with Crippen molar-refractivity contribution < 1.29 is 4.79 Å². The van der Waals surface area contributed by atoms with Gasteiger partial charge in [0.25, 0.3) is 0 Å². The Morgan fingerprint density at radius 1 is 1.05 bits per heavy atom. The van der Waals surface area contributed by atoms with E-state index in [0.29, 0.717) is 23.3 Å². The van der Waals surface area contributed by atoms with Gasteiger partial charge in [0.15, 0.2) is 0 Å². The van der Waals surface area contributed by atoms with Crippen LogP contribution in [0.25, 0.3) is 0 Å². The van der Waals surface area contributed by atoms with Gasteiger partial charge in [0.2, 0.25) is 5.91 Å². The van der Waals surface area contributed by atoms with Crippen LogP contribution in [-0.4, -0.2) is 11.9 Å². The average molecular weight is 277 g/mol. The third-order valence-corrected chi connectivity index (χ3v) is 6.70. The van der Waals surface area contributed by atoms with Crippen LogP contribution in [0.5, 0.6) is 0 Å². The van der Waals surface area contributed by atoms with E-state index in [-0.39, 0.29) is 0 Å². The zero-order valence-corrected chi connectivity index (χ0v) is 13.5. The minimum Gasteiger partial charge on any atom is -0.353 e. The highest BCUT2D eigenvalue weighted by atomic mass is 16.1. The van der Waals surface area contributed by atoms with Crippen LogP contribution in [0, 0.1) is 29.1 Å². The van der Waals surface area contributed by atoms with E-state index < -0.39 is 0 Å². The first-order valence-corrected chi connectivity index (χ1v) is 8.80. The standard InChI is InChI=1S/C18H31NO/c1-4-18(2,3)15-5-7-16(8-6-15)19-17(20)14-10-12-9-13(12)11-14/h12-16H,4-11H2,1-3H3,(H,19,20). The molecule has 0 aromatic rings. The van der Waals surface area contributed by atoms with Gasteiger partial charge in [-0.25, -0.2) is 0 Å². The highest BCUT2D eigenvalue weighted by Crippen LogP contribution is 2.54. The van der Waals surface area contributed by atoms with Gasteiger partial charge in [-0.15, -0.1) is 0 Å². The van der Waals surface area contributed by atoms with Crippen molar-refractivity contribution in [1.82, 2.24) is 5.32 Å². The van der Waals surface area contributed by atoms with Crippen LogP contribution >= 0.6 is 0 Å². The maximum atomic E-state index is 12.3. The second-order valence-electron chi connectivity index (χ2n) is 8.32. The number of hydrogen-bond acceptors (Lipinski definition) is 1. The number of rotatable bonds is 4. The first kappa shape index (κ1) is 14.4. The molecule has 2 nitrogen and oxygen atoms in total. The molecule has 3 rings (SSSR count). The van der Waals surface area contributed by atoms with Crippen molar-refractivity contribution in [2.24, 2.45) is 29.1 Å². The van der Waals surface area contributed by atoms with Gasteiger partial charge in [-0.2, -0.15) is 0 Å². The second kappa shape index (κ2) is 5.35. The summed E-state index contributed by atoms with van der Waals surface area (Å²) in [6.07, 6.45) is 9.99. The monoisotopic (exact) mass is 277 g/mol. The largest absolute Gasteiger partial charge is 0.353 e. The number of nitrogens with one attached hydrogen (secondary N) is 1. The van der Waals surface area contributed by atoms with E-state index in [1.165, 1.54) is 51.4 Å². The molecule has 2 heteroatoms. The summed E-state index contributed by atoms with van der Waals surface area (Å²) in [4.78, 5) is 12.3. The molecule has 0 heterocycles. The van der Waals surface area contributed by atoms with Gasteiger partial charge >= 0.3 is 0 Å². The van der Waals surface area contributed by atoms with Crippen LogP contribution in [0.3, 0.4) is 0 Å². The average Bonchev–Trinajstić information content (AvgIpc) is 3.05. The number of carbonyl (C=O) groups excluding carboxylic acids is 1. The summed E-state index contributed by atoms with van der Waals surface area (Å²) in [5.41, 5.74) is 0.474. The molecule has 1 N–H and O–H groups in total. The molecule has 2 unspecified atom stereocenters. The molecule has 0 bridgehead atoms. The maximum absolute atomic E-state index is 12.3. The lowest BCUT2D eigenvalue weighted by Gasteiger charge is -2.39. The van der Waals surface area contributed by atoms with Crippen LogP contribution < -0.4 is 5.32 Å². The Morgan fingerprint density at radius 3 is 2.20 bits per heavy atom. The number of hydrogen-bond donors (Lipinski definition) is 1. The molecule has 0 aliphatic heterocycles. The molecule has 0 aromatic heterocycles. The second-order valence-corrected chi connectivity index (χ2v) is 8.32. The molecule has 3 aliphatic carbocycles. The summed E-state index contributed by atoms with van der Waals surface area (Å²) in [6, 6.07) is 0.461. The molecule has 3 fully saturated rings. The molecule has 0 spiro atoms. The molecule has 114 valence electrons. The van der Waals surface area contributed by atoms with Crippen molar-refractivity contribution >= 4 is 5.91 Å². The topological polar surface area (TPSA) is 29.1 Å². The van der Waals surface area contributed by atoms with Crippen molar-refractivity contribution in [2.75, 3.05) is 0 Å². The van der Waals surface area contributed by atoms with Crippen molar-refractivity contribution in [3.63, 3.8) is 0 Å². The Labute approximate surface area is 124 Å². The van der Waals surface area contributed by atoms with Crippen molar-refractivity contribution in [2.45, 2.75) is 78.2 Å².